The fourth-order valence-electron chi connectivity index (χ4n) is 3.91. The van der Waals surface area contributed by atoms with Gasteiger partial charge in [0.1, 0.15) is 12.4 Å². The van der Waals surface area contributed by atoms with Gasteiger partial charge in [-0.3, -0.25) is 4.98 Å². The molecule has 3 aromatic rings. The number of anilines is 1. The highest BCUT2D eigenvalue weighted by Gasteiger charge is 2.25. The van der Waals surface area contributed by atoms with Crippen molar-refractivity contribution in [1.29, 1.82) is 5.26 Å². The summed E-state index contributed by atoms with van der Waals surface area (Å²) in [5.74, 6) is 0.758. The molecule has 0 radical (unpaired) electrons. The predicted molar refractivity (Wildman–Crippen MR) is 116 cm³/mol. The number of benzene rings is 2. The minimum absolute atomic E-state index is 0.471. The van der Waals surface area contributed by atoms with Gasteiger partial charge in [0.25, 0.3) is 0 Å². The number of hydrogen-bond acceptors (Lipinski definition) is 5. The molecule has 0 aliphatic carbocycles. The molecule has 29 heavy (non-hydrogen) atoms. The molecular formula is C24H26N4O. The number of hydrogen-bond donors (Lipinski definition) is 0. The van der Waals surface area contributed by atoms with E-state index in [0.29, 0.717) is 18.2 Å². The molecule has 5 nitrogen and oxygen atoms in total. The lowest BCUT2D eigenvalue weighted by atomic mass is 10.1. The maximum absolute atomic E-state index is 8.90. The van der Waals surface area contributed by atoms with Gasteiger partial charge >= 0.3 is 0 Å². The van der Waals surface area contributed by atoms with Gasteiger partial charge in [-0.25, -0.2) is 0 Å². The highest BCUT2D eigenvalue weighted by Crippen LogP contribution is 2.31. The zero-order valence-corrected chi connectivity index (χ0v) is 17.2. The molecule has 2 heterocycles. The van der Waals surface area contributed by atoms with E-state index in [0.717, 1.165) is 35.6 Å². The first kappa shape index (κ1) is 19.2. The highest BCUT2D eigenvalue weighted by atomic mass is 16.5. The van der Waals surface area contributed by atoms with E-state index in [1.807, 2.05) is 12.1 Å². The van der Waals surface area contributed by atoms with Crippen LogP contribution in [0.4, 0.5) is 5.69 Å². The first-order chi connectivity index (χ1) is 14.0. The van der Waals surface area contributed by atoms with Crippen molar-refractivity contribution in [2.45, 2.75) is 26.0 Å². The summed E-state index contributed by atoms with van der Waals surface area (Å²) in [7, 11) is 4.31. The van der Waals surface area contributed by atoms with Crippen LogP contribution in [-0.4, -0.2) is 43.1 Å². The van der Waals surface area contributed by atoms with Gasteiger partial charge < -0.3 is 14.5 Å². The molecule has 0 N–H and O–H groups in total. The van der Waals surface area contributed by atoms with Crippen LogP contribution >= 0.6 is 0 Å². The zero-order chi connectivity index (χ0) is 20.4. The van der Waals surface area contributed by atoms with Gasteiger partial charge in [0.2, 0.25) is 0 Å². The number of nitriles is 1. The summed E-state index contributed by atoms with van der Waals surface area (Å²) in [6, 6.07) is 18.5. The molecule has 0 amide bonds. The fraction of sp³-hybridized carbons (Fsp3) is 0.333. The van der Waals surface area contributed by atoms with Gasteiger partial charge in [-0.1, -0.05) is 12.1 Å². The van der Waals surface area contributed by atoms with Crippen molar-refractivity contribution in [2.24, 2.45) is 0 Å². The van der Waals surface area contributed by atoms with Crippen LogP contribution in [0.3, 0.4) is 0 Å². The number of likely N-dealkylation sites (N-methyl/N-ethyl adjacent to an activating group) is 1. The molecule has 0 spiro atoms. The number of rotatable bonds is 5. The standard InChI is InChI=1S/C24H26N4O/c1-17-12-24(28-11-10-20(15-28)27(2)3)22-9-6-19(13-23(22)26-17)16-29-21-7-4-18(14-25)5-8-21/h4-9,12-13,20H,10-11,15-16H2,1-3H3/t20-/m0/s1. The maximum Gasteiger partial charge on any atom is 0.119 e. The van der Waals surface area contributed by atoms with Crippen LogP contribution in [-0.2, 0) is 6.61 Å². The number of pyridine rings is 1. The van der Waals surface area contributed by atoms with E-state index in [1.165, 1.54) is 17.5 Å². The van der Waals surface area contributed by atoms with Crippen molar-refractivity contribution in [3.63, 3.8) is 0 Å². The van der Waals surface area contributed by atoms with Crippen molar-refractivity contribution in [1.82, 2.24) is 9.88 Å². The van der Waals surface area contributed by atoms with Gasteiger partial charge in [0, 0.05) is 35.9 Å². The maximum atomic E-state index is 8.90. The normalized spacial score (nSPS) is 16.4. The van der Waals surface area contributed by atoms with Crippen LogP contribution in [0.2, 0.25) is 0 Å². The molecular weight excluding hydrogens is 360 g/mol. The summed E-state index contributed by atoms with van der Waals surface area (Å²) in [4.78, 5) is 9.57. The van der Waals surface area contributed by atoms with Crippen LogP contribution in [0.25, 0.3) is 10.9 Å². The zero-order valence-electron chi connectivity index (χ0n) is 17.2. The Hall–Kier alpha value is -3.10. The summed E-state index contributed by atoms with van der Waals surface area (Å²) < 4.78 is 5.89. The Morgan fingerprint density at radius 2 is 1.97 bits per heavy atom. The number of ether oxygens (including phenoxy) is 1. The van der Waals surface area contributed by atoms with E-state index >= 15 is 0 Å². The lowest BCUT2D eigenvalue weighted by molar-refractivity contribution is 0.306. The van der Waals surface area contributed by atoms with Gasteiger partial charge in [-0.05, 0) is 69.4 Å². The first-order valence-electron chi connectivity index (χ1n) is 9.98. The van der Waals surface area contributed by atoms with E-state index in [1.54, 1.807) is 12.1 Å². The smallest absolute Gasteiger partial charge is 0.119 e. The topological polar surface area (TPSA) is 52.4 Å². The van der Waals surface area contributed by atoms with Crippen molar-refractivity contribution < 1.29 is 4.74 Å². The first-order valence-corrected chi connectivity index (χ1v) is 9.98. The molecule has 1 saturated heterocycles. The molecule has 1 atom stereocenters. The number of aryl methyl sites for hydroxylation is 1. The molecule has 0 saturated carbocycles. The Morgan fingerprint density at radius 1 is 1.17 bits per heavy atom. The van der Waals surface area contributed by atoms with Crippen LogP contribution in [0, 0.1) is 18.3 Å². The van der Waals surface area contributed by atoms with Crippen LogP contribution in [0.1, 0.15) is 23.2 Å². The Balaban J connectivity index is 1.55. The monoisotopic (exact) mass is 386 g/mol. The third-order valence-corrected chi connectivity index (χ3v) is 5.60. The van der Waals surface area contributed by atoms with Crippen LogP contribution in [0.5, 0.6) is 5.75 Å². The molecule has 1 aliphatic rings. The van der Waals surface area contributed by atoms with Crippen molar-refractivity contribution in [3.8, 4) is 11.8 Å². The van der Waals surface area contributed by atoms with Gasteiger partial charge in [0.15, 0.2) is 0 Å². The van der Waals surface area contributed by atoms with Gasteiger partial charge in [-0.15, -0.1) is 0 Å². The summed E-state index contributed by atoms with van der Waals surface area (Å²) in [6.45, 7) is 4.65. The summed E-state index contributed by atoms with van der Waals surface area (Å²) in [5.41, 5.74) is 5.03. The average Bonchev–Trinajstić information content (AvgIpc) is 3.22. The molecule has 1 fully saturated rings. The molecule has 1 aromatic heterocycles. The van der Waals surface area contributed by atoms with E-state index < -0.39 is 0 Å². The summed E-state index contributed by atoms with van der Waals surface area (Å²) in [6.07, 6.45) is 1.19. The van der Waals surface area contributed by atoms with Crippen molar-refractivity contribution in [2.75, 3.05) is 32.1 Å². The second-order valence-electron chi connectivity index (χ2n) is 7.91. The minimum Gasteiger partial charge on any atom is -0.489 e. The Labute approximate surface area is 172 Å². The third-order valence-electron chi connectivity index (χ3n) is 5.60. The third kappa shape index (κ3) is 4.18. The lowest BCUT2D eigenvalue weighted by Crippen LogP contribution is -2.31. The number of aromatic nitrogens is 1. The second-order valence-corrected chi connectivity index (χ2v) is 7.91. The average molecular weight is 386 g/mol. The van der Waals surface area contributed by atoms with E-state index in [-0.39, 0.29) is 0 Å². The largest absolute Gasteiger partial charge is 0.489 e. The quantitative estimate of drug-likeness (QED) is 0.660. The van der Waals surface area contributed by atoms with Crippen LogP contribution < -0.4 is 9.64 Å². The molecule has 148 valence electrons. The Morgan fingerprint density at radius 3 is 2.66 bits per heavy atom. The summed E-state index contributed by atoms with van der Waals surface area (Å²) >= 11 is 0. The Kier molecular flexibility index (Phi) is 5.37. The molecule has 0 bridgehead atoms. The molecule has 0 unspecified atom stereocenters. The summed E-state index contributed by atoms with van der Waals surface area (Å²) in [5, 5.41) is 10.1. The molecule has 5 heteroatoms. The van der Waals surface area contributed by atoms with Crippen LogP contribution in [0.15, 0.2) is 48.5 Å². The second kappa shape index (κ2) is 8.10. The Bertz CT molecular complexity index is 1050. The van der Waals surface area contributed by atoms with Crippen molar-refractivity contribution in [3.05, 3.63) is 65.4 Å². The number of nitrogens with zero attached hydrogens (tertiary/aromatic N) is 4. The van der Waals surface area contributed by atoms with Crippen molar-refractivity contribution >= 4 is 16.6 Å². The van der Waals surface area contributed by atoms with E-state index in [9.17, 15) is 0 Å². The molecule has 2 aromatic carbocycles. The number of fused-ring (bicyclic) bond motifs is 1. The molecule has 4 rings (SSSR count). The SMILES string of the molecule is Cc1cc(N2CC[C@H](N(C)C)C2)c2ccc(COc3ccc(C#N)cc3)cc2n1. The van der Waals surface area contributed by atoms with E-state index in [4.69, 9.17) is 15.0 Å². The van der Waals surface area contributed by atoms with E-state index in [2.05, 4.69) is 61.2 Å². The lowest BCUT2D eigenvalue weighted by Gasteiger charge is -2.23. The molecule has 1 aliphatic heterocycles. The van der Waals surface area contributed by atoms with Gasteiger partial charge in [0.05, 0.1) is 17.1 Å². The minimum atomic E-state index is 0.471. The highest BCUT2D eigenvalue weighted by molar-refractivity contribution is 5.92. The predicted octanol–water partition coefficient (Wildman–Crippen LogP) is 4.13. The van der Waals surface area contributed by atoms with Gasteiger partial charge in [-0.2, -0.15) is 5.26 Å². The fourth-order valence-corrected chi connectivity index (χ4v) is 3.91.